The molecule has 0 unspecified atom stereocenters. The molecule has 0 fully saturated rings. The molecule has 0 spiro atoms. The van der Waals surface area contributed by atoms with Crippen molar-refractivity contribution in [2.45, 2.75) is 13.1 Å². The van der Waals surface area contributed by atoms with Gasteiger partial charge >= 0.3 is 6.18 Å². The SMILES string of the molecule is CC(=O)O.OCC=Cc1ccc(C(F)(F)F)cc1. The summed E-state index contributed by atoms with van der Waals surface area (Å²) in [7, 11) is 0. The molecule has 0 radical (unpaired) electrons. The molecule has 0 saturated heterocycles. The second-order valence-electron chi connectivity index (χ2n) is 3.22. The predicted octanol–water partition coefficient (Wildman–Crippen LogP) is 2.80. The van der Waals surface area contributed by atoms with E-state index in [1.165, 1.54) is 18.2 Å². The zero-order valence-electron chi connectivity index (χ0n) is 9.61. The average Bonchev–Trinajstić information content (AvgIpc) is 2.25. The first-order valence-electron chi connectivity index (χ1n) is 4.91. The van der Waals surface area contributed by atoms with Crippen LogP contribution in [0.4, 0.5) is 13.2 Å². The number of carbonyl (C=O) groups is 1. The Hall–Kier alpha value is -1.82. The molecule has 1 aromatic rings. The van der Waals surface area contributed by atoms with E-state index in [0.717, 1.165) is 19.1 Å². The number of carboxylic acids is 1. The fourth-order valence-corrected chi connectivity index (χ4v) is 0.972. The summed E-state index contributed by atoms with van der Waals surface area (Å²) in [6.45, 7) is 0.959. The number of hydrogen-bond donors (Lipinski definition) is 2. The third-order valence-corrected chi connectivity index (χ3v) is 1.65. The molecular formula is C12H13F3O3. The van der Waals surface area contributed by atoms with Gasteiger partial charge in [-0.2, -0.15) is 13.2 Å². The van der Waals surface area contributed by atoms with Crippen molar-refractivity contribution in [1.82, 2.24) is 0 Å². The average molecular weight is 262 g/mol. The summed E-state index contributed by atoms with van der Waals surface area (Å²) in [6.07, 6.45) is -1.28. The van der Waals surface area contributed by atoms with Gasteiger partial charge in [0.25, 0.3) is 5.97 Å². The first kappa shape index (κ1) is 16.2. The minimum absolute atomic E-state index is 0.124. The third kappa shape index (κ3) is 7.45. The number of benzene rings is 1. The Labute approximate surface area is 102 Å². The first-order valence-corrected chi connectivity index (χ1v) is 4.91. The number of rotatable bonds is 2. The van der Waals surface area contributed by atoms with Crippen molar-refractivity contribution < 1.29 is 28.2 Å². The molecule has 0 aliphatic heterocycles. The molecule has 1 aromatic carbocycles. The molecule has 3 nitrogen and oxygen atoms in total. The molecule has 18 heavy (non-hydrogen) atoms. The summed E-state index contributed by atoms with van der Waals surface area (Å²) in [5.41, 5.74) is -0.0364. The zero-order valence-corrected chi connectivity index (χ0v) is 9.61. The Kier molecular flexibility index (Phi) is 6.74. The Morgan fingerprint density at radius 3 is 2.06 bits per heavy atom. The van der Waals surface area contributed by atoms with Crippen LogP contribution < -0.4 is 0 Å². The summed E-state index contributed by atoms with van der Waals surface area (Å²) in [4.78, 5) is 9.00. The van der Waals surface area contributed by atoms with Crippen LogP contribution in [0.25, 0.3) is 6.08 Å². The van der Waals surface area contributed by atoms with Gasteiger partial charge in [0.05, 0.1) is 12.2 Å². The largest absolute Gasteiger partial charge is 0.481 e. The van der Waals surface area contributed by atoms with Crippen molar-refractivity contribution in [3.63, 3.8) is 0 Å². The fourth-order valence-electron chi connectivity index (χ4n) is 0.972. The van der Waals surface area contributed by atoms with Crippen LogP contribution in [0, 0.1) is 0 Å². The van der Waals surface area contributed by atoms with Crippen LogP contribution in [0.3, 0.4) is 0 Å². The normalized spacial score (nSPS) is 10.9. The molecule has 0 saturated carbocycles. The summed E-state index contributed by atoms with van der Waals surface area (Å²) in [5, 5.41) is 15.9. The molecule has 2 N–H and O–H groups in total. The van der Waals surface area contributed by atoms with Crippen LogP contribution in [0.15, 0.2) is 30.3 Å². The number of aliphatic hydroxyl groups is 1. The van der Waals surface area contributed by atoms with Crippen LogP contribution in [0.5, 0.6) is 0 Å². The van der Waals surface area contributed by atoms with Crippen molar-refractivity contribution >= 4 is 12.0 Å². The van der Waals surface area contributed by atoms with Crippen LogP contribution in [0.2, 0.25) is 0 Å². The number of halogens is 3. The molecule has 0 heterocycles. The first-order chi connectivity index (χ1) is 8.27. The highest BCUT2D eigenvalue weighted by atomic mass is 19.4. The molecule has 0 amide bonds. The van der Waals surface area contributed by atoms with E-state index in [1.807, 2.05) is 0 Å². The Balaban J connectivity index is 0.000000631. The second-order valence-corrected chi connectivity index (χ2v) is 3.22. The van der Waals surface area contributed by atoms with E-state index in [4.69, 9.17) is 15.0 Å². The monoisotopic (exact) mass is 262 g/mol. The van der Waals surface area contributed by atoms with Crippen molar-refractivity contribution in [1.29, 1.82) is 0 Å². The van der Waals surface area contributed by atoms with Gasteiger partial charge in [-0.25, -0.2) is 0 Å². The molecule has 0 aliphatic rings. The summed E-state index contributed by atoms with van der Waals surface area (Å²) in [6, 6.07) is 4.73. The lowest BCUT2D eigenvalue weighted by atomic mass is 10.1. The van der Waals surface area contributed by atoms with Gasteiger partial charge < -0.3 is 10.2 Å². The fraction of sp³-hybridized carbons (Fsp3) is 0.250. The molecule has 0 bridgehead atoms. The van der Waals surface area contributed by atoms with E-state index in [0.29, 0.717) is 5.56 Å². The molecule has 0 aromatic heterocycles. The van der Waals surface area contributed by atoms with Crippen LogP contribution in [-0.2, 0) is 11.0 Å². The van der Waals surface area contributed by atoms with Crippen molar-refractivity contribution in [2.24, 2.45) is 0 Å². The lowest BCUT2D eigenvalue weighted by Gasteiger charge is -2.05. The van der Waals surface area contributed by atoms with E-state index >= 15 is 0 Å². The van der Waals surface area contributed by atoms with Gasteiger partial charge in [0.2, 0.25) is 0 Å². The Bertz CT molecular complexity index is 390. The number of carboxylic acid groups (broad SMARTS) is 1. The van der Waals surface area contributed by atoms with Crippen LogP contribution in [-0.4, -0.2) is 22.8 Å². The number of hydrogen-bond acceptors (Lipinski definition) is 2. The van der Waals surface area contributed by atoms with E-state index in [1.54, 1.807) is 6.08 Å². The second kappa shape index (κ2) is 7.50. The van der Waals surface area contributed by atoms with E-state index in [2.05, 4.69) is 0 Å². The molecule has 100 valence electrons. The third-order valence-electron chi connectivity index (χ3n) is 1.65. The van der Waals surface area contributed by atoms with E-state index in [-0.39, 0.29) is 6.61 Å². The van der Waals surface area contributed by atoms with Gasteiger partial charge in [-0.05, 0) is 17.7 Å². The Morgan fingerprint density at radius 2 is 1.72 bits per heavy atom. The van der Waals surface area contributed by atoms with Gasteiger partial charge in [0.15, 0.2) is 0 Å². The predicted molar refractivity (Wildman–Crippen MR) is 60.9 cm³/mol. The van der Waals surface area contributed by atoms with Gasteiger partial charge in [-0.1, -0.05) is 24.3 Å². The maximum atomic E-state index is 12.1. The molecule has 1 rings (SSSR count). The highest BCUT2D eigenvalue weighted by Gasteiger charge is 2.29. The smallest absolute Gasteiger partial charge is 0.416 e. The molecule has 0 aliphatic carbocycles. The summed E-state index contributed by atoms with van der Waals surface area (Å²) in [5.74, 6) is -0.833. The maximum Gasteiger partial charge on any atom is 0.416 e. The topological polar surface area (TPSA) is 57.5 Å². The minimum Gasteiger partial charge on any atom is -0.481 e. The van der Waals surface area contributed by atoms with Gasteiger partial charge in [0, 0.05) is 6.92 Å². The quantitative estimate of drug-likeness (QED) is 0.861. The lowest BCUT2D eigenvalue weighted by Crippen LogP contribution is -2.03. The molecular weight excluding hydrogens is 249 g/mol. The van der Waals surface area contributed by atoms with Crippen molar-refractivity contribution in [3.8, 4) is 0 Å². The van der Waals surface area contributed by atoms with Gasteiger partial charge in [-0.15, -0.1) is 0 Å². The summed E-state index contributed by atoms with van der Waals surface area (Å²) < 4.78 is 36.3. The summed E-state index contributed by atoms with van der Waals surface area (Å²) >= 11 is 0. The zero-order chi connectivity index (χ0) is 14.2. The number of aliphatic carboxylic acids is 1. The number of aliphatic hydroxyl groups excluding tert-OH is 1. The van der Waals surface area contributed by atoms with E-state index < -0.39 is 17.7 Å². The Morgan fingerprint density at radius 1 is 1.28 bits per heavy atom. The van der Waals surface area contributed by atoms with Crippen molar-refractivity contribution in [2.75, 3.05) is 6.61 Å². The molecule has 0 atom stereocenters. The molecule has 6 heteroatoms. The standard InChI is InChI=1S/C10H9F3O.C2H4O2/c11-10(12,13)9-5-3-8(4-6-9)2-1-7-14;1-2(3)4/h1-6,14H,7H2;1H3,(H,3,4). The maximum absolute atomic E-state index is 12.1. The minimum atomic E-state index is -4.29. The number of alkyl halides is 3. The highest BCUT2D eigenvalue weighted by Crippen LogP contribution is 2.29. The van der Waals surface area contributed by atoms with Crippen molar-refractivity contribution in [3.05, 3.63) is 41.5 Å². The van der Waals surface area contributed by atoms with Gasteiger partial charge in [0.1, 0.15) is 0 Å². The van der Waals surface area contributed by atoms with E-state index in [9.17, 15) is 13.2 Å². The lowest BCUT2D eigenvalue weighted by molar-refractivity contribution is -0.137. The van der Waals surface area contributed by atoms with Crippen LogP contribution >= 0.6 is 0 Å². The highest BCUT2D eigenvalue weighted by molar-refractivity contribution is 5.62. The van der Waals surface area contributed by atoms with Gasteiger partial charge in [-0.3, -0.25) is 4.79 Å². The van der Waals surface area contributed by atoms with Crippen LogP contribution in [0.1, 0.15) is 18.1 Å².